The lowest BCUT2D eigenvalue weighted by Gasteiger charge is -2.35. The summed E-state index contributed by atoms with van der Waals surface area (Å²) in [5, 5.41) is 0. The van der Waals surface area contributed by atoms with Crippen molar-refractivity contribution in [2.75, 3.05) is 38.5 Å². The average Bonchev–Trinajstić information content (AvgIpc) is 3.29. The summed E-state index contributed by atoms with van der Waals surface area (Å²) in [7, 11) is -3.19. The predicted molar refractivity (Wildman–Crippen MR) is 85.1 cm³/mol. The van der Waals surface area contributed by atoms with Crippen molar-refractivity contribution in [3.8, 4) is 0 Å². The number of piperazine rings is 1. The molecule has 1 unspecified atom stereocenters. The topological polar surface area (TPSA) is 78.0 Å². The van der Waals surface area contributed by atoms with Crippen LogP contribution in [0.25, 0.3) is 0 Å². The van der Waals surface area contributed by atoms with Gasteiger partial charge in [-0.05, 0) is 19.3 Å². The zero-order valence-electron chi connectivity index (χ0n) is 13.6. The summed E-state index contributed by atoms with van der Waals surface area (Å²) in [6.07, 6.45) is 3.02. The van der Waals surface area contributed by atoms with Gasteiger partial charge in [0.25, 0.3) is 0 Å². The van der Waals surface area contributed by atoms with Gasteiger partial charge in [-0.15, -0.1) is 0 Å². The van der Waals surface area contributed by atoms with Crippen molar-refractivity contribution in [1.29, 1.82) is 0 Å². The Hall–Kier alpha value is -1.15. The Morgan fingerprint density at radius 1 is 1.17 bits per heavy atom. The van der Waals surface area contributed by atoms with Crippen LogP contribution in [-0.4, -0.2) is 78.9 Å². The van der Waals surface area contributed by atoms with E-state index < -0.39 is 10.0 Å². The molecule has 2 heterocycles. The number of carbonyl (C=O) groups is 2. The molecule has 2 saturated heterocycles. The second-order valence-corrected chi connectivity index (χ2v) is 8.81. The zero-order valence-corrected chi connectivity index (χ0v) is 14.4. The molecule has 0 aromatic heterocycles. The monoisotopic (exact) mass is 343 g/mol. The van der Waals surface area contributed by atoms with Crippen molar-refractivity contribution in [2.45, 2.75) is 38.6 Å². The third-order valence-corrected chi connectivity index (χ3v) is 6.98. The van der Waals surface area contributed by atoms with Gasteiger partial charge in [-0.25, -0.2) is 8.42 Å². The fourth-order valence-electron chi connectivity index (χ4n) is 3.47. The van der Waals surface area contributed by atoms with Crippen molar-refractivity contribution in [3.05, 3.63) is 0 Å². The smallest absolute Gasteiger partial charge is 0.228 e. The minimum atomic E-state index is -3.19. The van der Waals surface area contributed by atoms with E-state index in [1.165, 1.54) is 4.31 Å². The number of rotatable bonds is 5. The van der Waals surface area contributed by atoms with Crippen LogP contribution in [-0.2, 0) is 19.6 Å². The molecule has 0 N–H and O–H groups in total. The van der Waals surface area contributed by atoms with Gasteiger partial charge in [0.2, 0.25) is 21.8 Å². The molecule has 3 fully saturated rings. The molecule has 0 bridgehead atoms. The van der Waals surface area contributed by atoms with Crippen molar-refractivity contribution >= 4 is 21.8 Å². The summed E-state index contributed by atoms with van der Waals surface area (Å²) in [6, 6.07) is 0.358. The molecule has 1 atom stereocenters. The lowest BCUT2D eigenvalue weighted by atomic mass is 10.1. The summed E-state index contributed by atoms with van der Waals surface area (Å²) in [6.45, 7) is 3.96. The van der Waals surface area contributed by atoms with Crippen molar-refractivity contribution in [1.82, 2.24) is 14.1 Å². The first-order chi connectivity index (χ1) is 10.9. The summed E-state index contributed by atoms with van der Waals surface area (Å²) in [4.78, 5) is 28.2. The van der Waals surface area contributed by atoms with Crippen LogP contribution in [0.5, 0.6) is 0 Å². The number of sulfonamides is 1. The Morgan fingerprint density at radius 2 is 1.83 bits per heavy atom. The second-order valence-electron chi connectivity index (χ2n) is 6.72. The number of nitrogens with zero attached hydrogens (tertiary/aromatic N) is 3. The molecule has 7 nitrogen and oxygen atoms in total. The van der Waals surface area contributed by atoms with E-state index in [-0.39, 0.29) is 23.5 Å². The number of hydrogen-bond acceptors (Lipinski definition) is 4. The molecule has 0 radical (unpaired) electrons. The highest BCUT2D eigenvalue weighted by Crippen LogP contribution is 2.33. The molecule has 2 aliphatic heterocycles. The van der Waals surface area contributed by atoms with Crippen molar-refractivity contribution in [3.63, 3.8) is 0 Å². The van der Waals surface area contributed by atoms with Gasteiger partial charge in [0, 0.05) is 45.2 Å². The fourth-order valence-corrected chi connectivity index (χ4v) is 4.96. The standard InChI is InChI=1S/C15H25N3O4S/c1-2-9-23(21,22)17-7-5-16(6-8-17)15(20)12-10-14(19)18(11-12)13-3-4-13/h12-13H,2-11H2,1H3. The summed E-state index contributed by atoms with van der Waals surface area (Å²) in [5.74, 6) is 0.0139. The van der Waals surface area contributed by atoms with Crippen LogP contribution < -0.4 is 0 Å². The minimum absolute atomic E-state index is 0.00837. The first kappa shape index (κ1) is 16.7. The van der Waals surface area contributed by atoms with Crippen LogP contribution in [0.2, 0.25) is 0 Å². The quantitative estimate of drug-likeness (QED) is 0.697. The molecular weight excluding hydrogens is 318 g/mol. The summed E-state index contributed by atoms with van der Waals surface area (Å²) >= 11 is 0. The number of carbonyl (C=O) groups excluding carboxylic acids is 2. The van der Waals surface area contributed by atoms with Gasteiger partial charge in [-0.3, -0.25) is 9.59 Å². The molecule has 8 heteroatoms. The molecule has 0 aromatic rings. The van der Waals surface area contributed by atoms with Crippen LogP contribution >= 0.6 is 0 Å². The van der Waals surface area contributed by atoms with E-state index in [4.69, 9.17) is 0 Å². The van der Waals surface area contributed by atoms with E-state index in [2.05, 4.69) is 0 Å². The number of likely N-dealkylation sites (tertiary alicyclic amines) is 1. The van der Waals surface area contributed by atoms with E-state index in [9.17, 15) is 18.0 Å². The Kier molecular flexibility index (Phi) is 4.64. The molecule has 0 spiro atoms. The molecule has 23 heavy (non-hydrogen) atoms. The lowest BCUT2D eigenvalue weighted by Crippen LogP contribution is -2.52. The Morgan fingerprint density at radius 3 is 2.39 bits per heavy atom. The van der Waals surface area contributed by atoms with Gasteiger partial charge < -0.3 is 9.80 Å². The Balaban J connectivity index is 1.53. The third-order valence-electron chi connectivity index (χ3n) is 4.90. The lowest BCUT2D eigenvalue weighted by molar-refractivity contribution is -0.137. The minimum Gasteiger partial charge on any atom is -0.340 e. The van der Waals surface area contributed by atoms with Gasteiger partial charge in [-0.1, -0.05) is 6.92 Å². The number of amides is 2. The highest BCUT2D eigenvalue weighted by Gasteiger charge is 2.43. The first-order valence-electron chi connectivity index (χ1n) is 8.48. The van der Waals surface area contributed by atoms with E-state index in [0.717, 1.165) is 12.8 Å². The summed E-state index contributed by atoms with van der Waals surface area (Å²) < 4.78 is 25.6. The maximum absolute atomic E-state index is 12.6. The van der Waals surface area contributed by atoms with Gasteiger partial charge in [0.05, 0.1) is 11.7 Å². The van der Waals surface area contributed by atoms with Crippen LogP contribution in [0.1, 0.15) is 32.6 Å². The Labute approximate surface area is 137 Å². The predicted octanol–water partition coefficient (Wildman–Crippen LogP) is -0.119. The van der Waals surface area contributed by atoms with Gasteiger partial charge in [0.15, 0.2) is 0 Å². The maximum atomic E-state index is 12.6. The van der Waals surface area contributed by atoms with Crippen LogP contribution in [0.15, 0.2) is 0 Å². The van der Waals surface area contributed by atoms with Crippen LogP contribution in [0.3, 0.4) is 0 Å². The third kappa shape index (κ3) is 3.52. The molecule has 3 aliphatic rings. The van der Waals surface area contributed by atoms with E-state index in [1.54, 1.807) is 4.90 Å². The molecule has 3 rings (SSSR count). The molecule has 130 valence electrons. The molecule has 1 saturated carbocycles. The largest absolute Gasteiger partial charge is 0.340 e. The number of hydrogen-bond donors (Lipinski definition) is 0. The molecule has 2 amide bonds. The van der Waals surface area contributed by atoms with E-state index >= 15 is 0 Å². The van der Waals surface area contributed by atoms with Crippen LogP contribution in [0, 0.1) is 5.92 Å². The fraction of sp³-hybridized carbons (Fsp3) is 0.867. The molecular formula is C15H25N3O4S. The normalized spacial score (nSPS) is 26.8. The van der Waals surface area contributed by atoms with E-state index in [0.29, 0.717) is 51.6 Å². The first-order valence-corrected chi connectivity index (χ1v) is 10.1. The molecule has 0 aromatic carbocycles. The van der Waals surface area contributed by atoms with Crippen LogP contribution in [0.4, 0.5) is 0 Å². The highest BCUT2D eigenvalue weighted by molar-refractivity contribution is 7.89. The summed E-state index contributed by atoms with van der Waals surface area (Å²) in [5.41, 5.74) is 0. The molecule has 1 aliphatic carbocycles. The van der Waals surface area contributed by atoms with Gasteiger partial charge in [-0.2, -0.15) is 4.31 Å². The van der Waals surface area contributed by atoms with Gasteiger partial charge >= 0.3 is 0 Å². The second kappa shape index (κ2) is 6.39. The maximum Gasteiger partial charge on any atom is 0.228 e. The SMILES string of the molecule is CCCS(=O)(=O)N1CCN(C(=O)C2CC(=O)N(C3CC3)C2)CC1. The highest BCUT2D eigenvalue weighted by atomic mass is 32.2. The van der Waals surface area contributed by atoms with Crippen molar-refractivity contribution in [2.24, 2.45) is 5.92 Å². The Bertz CT molecular complexity index is 580. The zero-order chi connectivity index (χ0) is 16.6. The van der Waals surface area contributed by atoms with Crippen molar-refractivity contribution < 1.29 is 18.0 Å². The van der Waals surface area contributed by atoms with Gasteiger partial charge in [0.1, 0.15) is 0 Å². The van der Waals surface area contributed by atoms with E-state index in [1.807, 2.05) is 11.8 Å². The average molecular weight is 343 g/mol.